The highest BCUT2D eigenvalue weighted by Crippen LogP contribution is 2.24. The average Bonchev–Trinajstić information content (AvgIpc) is 2.33. The Bertz CT molecular complexity index is 408. The molecule has 0 atom stereocenters. The second-order valence-electron chi connectivity index (χ2n) is 3.97. The molecular formula is C12H13BrN2O. The van der Waals surface area contributed by atoms with E-state index in [1.54, 1.807) is 6.07 Å². The van der Waals surface area contributed by atoms with Crippen LogP contribution in [0.1, 0.15) is 37.8 Å². The van der Waals surface area contributed by atoms with Gasteiger partial charge in [-0.25, -0.2) is 4.98 Å². The summed E-state index contributed by atoms with van der Waals surface area (Å²) in [5.41, 5.74) is 0.383. The van der Waals surface area contributed by atoms with E-state index in [4.69, 9.17) is 10.00 Å². The molecule has 0 N–H and O–H groups in total. The monoisotopic (exact) mass is 280 g/mol. The number of rotatable bonds is 2. The first-order valence-corrected chi connectivity index (χ1v) is 6.32. The molecule has 1 saturated carbocycles. The highest BCUT2D eigenvalue weighted by molar-refractivity contribution is 9.10. The minimum absolute atomic E-state index is 0.272. The van der Waals surface area contributed by atoms with E-state index in [1.165, 1.54) is 19.3 Å². The maximum absolute atomic E-state index is 8.85. The van der Waals surface area contributed by atoms with Gasteiger partial charge >= 0.3 is 0 Å². The van der Waals surface area contributed by atoms with Gasteiger partial charge in [0.05, 0.1) is 4.47 Å². The molecule has 0 bridgehead atoms. The van der Waals surface area contributed by atoms with Crippen LogP contribution in [-0.2, 0) is 0 Å². The van der Waals surface area contributed by atoms with E-state index in [1.807, 2.05) is 12.1 Å². The van der Waals surface area contributed by atoms with Crippen molar-refractivity contribution in [3.63, 3.8) is 0 Å². The highest BCUT2D eigenvalue weighted by Gasteiger charge is 2.15. The van der Waals surface area contributed by atoms with Crippen LogP contribution in [0.4, 0.5) is 0 Å². The molecule has 0 radical (unpaired) electrons. The molecule has 0 spiro atoms. The van der Waals surface area contributed by atoms with Crippen LogP contribution in [0.15, 0.2) is 16.6 Å². The number of hydrogen-bond acceptors (Lipinski definition) is 3. The summed E-state index contributed by atoms with van der Waals surface area (Å²) in [6.45, 7) is 0. The summed E-state index contributed by atoms with van der Waals surface area (Å²) >= 11 is 3.28. The molecule has 1 aromatic heterocycles. The Labute approximate surface area is 104 Å². The second-order valence-corrected chi connectivity index (χ2v) is 4.82. The molecule has 0 aliphatic heterocycles. The van der Waals surface area contributed by atoms with Crippen molar-refractivity contribution < 1.29 is 4.74 Å². The summed E-state index contributed by atoms with van der Waals surface area (Å²) in [6, 6.07) is 5.65. The van der Waals surface area contributed by atoms with Crippen LogP contribution >= 0.6 is 15.9 Å². The molecule has 1 aliphatic carbocycles. The van der Waals surface area contributed by atoms with Gasteiger partial charge in [0.15, 0.2) is 5.69 Å². The lowest BCUT2D eigenvalue weighted by Crippen LogP contribution is -2.20. The van der Waals surface area contributed by atoms with Gasteiger partial charge in [-0.2, -0.15) is 5.26 Å². The van der Waals surface area contributed by atoms with Crippen molar-refractivity contribution in [1.82, 2.24) is 4.98 Å². The van der Waals surface area contributed by atoms with Crippen LogP contribution in [0.25, 0.3) is 0 Å². The van der Waals surface area contributed by atoms with Gasteiger partial charge in [0.25, 0.3) is 0 Å². The Hall–Kier alpha value is -1.08. The van der Waals surface area contributed by atoms with E-state index in [-0.39, 0.29) is 6.10 Å². The molecule has 0 amide bonds. The molecule has 1 aromatic rings. The molecule has 4 heteroatoms. The lowest BCUT2D eigenvalue weighted by atomic mass is 9.98. The first-order valence-electron chi connectivity index (χ1n) is 5.53. The predicted molar refractivity (Wildman–Crippen MR) is 64.2 cm³/mol. The zero-order valence-corrected chi connectivity index (χ0v) is 10.5. The fourth-order valence-electron chi connectivity index (χ4n) is 1.92. The van der Waals surface area contributed by atoms with Gasteiger partial charge in [-0.15, -0.1) is 0 Å². The Morgan fingerprint density at radius 1 is 1.31 bits per heavy atom. The summed E-state index contributed by atoms with van der Waals surface area (Å²) in [4.78, 5) is 4.15. The zero-order valence-electron chi connectivity index (χ0n) is 8.95. The van der Waals surface area contributed by atoms with Crippen LogP contribution in [-0.4, -0.2) is 11.1 Å². The number of nitriles is 1. The third-order valence-corrected chi connectivity index (χ3v) is 3.41. The van der Waals surface area contributed by atoms with Crippen LogP contribution in [0, 0.1) is 11.3 Å². The molecular weight excluding hydrogens is 268 g/mol. The molecule has 0 aromatic carbocycles. The van der Waals surface area contributed by atoms with Crippen molar-refractivity contribution in [1.29, 1.82) is 5.26 Å². The van der Waals surface area contributed by atoms with E-state index in [9.17, 15) is 0 Å². The Kier molecular flexibility index (Phi) is 3.79. The molecule has 1 fully saturated rings. The number of hydrogen-bond donors (Lipinski definition) is 0. The summed E-state index contributed by atoms with van der Waals surface area (Å²) in [6.07, 6.45) is 6.23. The van der Waals surface area contributed by atoms with E-state index in [0.29, 0.717) is 16.0 Å². The van der Waals surface area contributed by atoms with E-state index < -0.39 is 0 Å². The fraction of sp³-hybridized carbons (Fsp3) is 0.500. The largest absolute Gasteiger partial charge is 0.474 e. The Balaban J connectivity index is 2.06. The summed E-state index contributed by atoms with van der Waals surface area (Å²) in [5, 5.41) is 8.85. The van der Waals surface area contributed by atoms with Crippen molar-refractivity contribution in [2.24, 2.45) is 0 Å². The summed E-state index contributed by atoms with van der Waals surface area (Å²) in [5.74, 6) is 0.562. The van der Waals surface area contributed by atoms with Crippen molar-refractivity contribution in [2.75, 3.05) is 0 Å². The third kappa shape index (κ3) is 2.73. The van der Waals surface area contributed by atoms with Gasteiger partial charge in [-0.05, 0) is 47.7 Å². The summed E-state index contributed by atoms with van der Waals surface area (Å²) < 4.78 is 6.48. The van der Waals surface area contributed by atoms with Crippen molar-refractivity contribution in [3.8, 4) is 11.9 Å². The van der Waals surface area contributed by atoms with Gasteiger partial charge in [0, 0.05) is 6.07 Å². The smallest absolute Gasteiger partial charge is 0.214 e. The third-order valence-electron chi connectivity index (χ3n) is 2.77. The van der Waals surface area contributed by atoms with Crippen LogP contribution in [0.3, 0.4) is 0 Å². The normalized spacial score (nSPS) is 16.8. The number of aromatic nitrogens is 1. The molecule has 16 heavy (non-hydrogen) atoms. The maximum atomic E-state index is 8.85. The van der Waals surface area contributed by atoms with E-state index >= 15 is 0 Å². The lowest BCUT2D eigenvalue weighted by molar-refractivity contribution is 0.148. The van der Waals surface area contributed by atoms with E-state index in [0.717, 1.165) is 12.8 Å². The molecule has 84 valence electrons. The topological polar surface area (TPSA) is 45.9 Å². The maximum Gasteiger partial charge on any atom is 0.214 e. The first kappa shape index (κ1) is 11.4. The van der Waals surface area contributed by atoms with Gasteiger partial charge in [0.2, 0.25) is 5.88 Å². The van der Waals surface area contributed by atoms with Gasteiger partial charge < -0.3 is 4.74 Å². The highest BCUT2D eigenvalue weighted by atomic mass is 79.9. The molecule has 3 nitrogen and oxygen atoms in total. The second kappa shape index (κ2) is 5.31. The minimum atomic E-state index is 0.272. The molecule has 0 unspecified atom stereocenters. The zero-order chi connectivity index (χ0) is 11.4. The van der Waals surface area contributed by atoms with E-state index in [2.05, 4.69) is 20.9 Å². The number of halogens is 1. The van der Waals surface area contributed by atoms with Crippen molar-refractivity contribution in [2.45, 2.75) is 38.2 Å². The van der Waals surface area contributed by atoms with Crippen molar-refractivity contribution in [3.05, 3.63) is 22.3 Å². The number of nitrogens with zero attached hydrogens (tertiary/aromatic N) is 2. The number of pyridine rings is 1. The van der Waals surface area contributed by atoms with Crippen LogP contribution < -0.4 is 4.74 Å². The molecule has 1 heterocycles. The summed E-state index contributed by atoms with van der Waals surface area (Å²) in [7, 11) is 0. The van der Waals surface area contributed by atoms with Crippen molar-refractivity contribution >= 4 is 15.9 Å². The molecule has 2 rings (SSSR count). The minimum Gasteiger partial charge on any atom is -0.474 e. The standard InChI is InChI=1S/C12H13BrN2O/c13-10-6-7-12(15-11(10)8-14)16-9-4-2-1-3-5-9/h6-7,9H,1-5H2. The molecule has 0 saturated heterocycles. The van der Waals surface area contributed by atoms with Crippen LogP contribution in [0.2, 0.25) is 0 Å². The predicted octanol–water partition coefficient (Wildman–Crippen LogP) is 3.43. The first-order chi connectivity index (χ1) is 7.79. The fourth-order valence-corrected chi connectivity index (χ4v) is 2.23. The van der Waals surface area contributed by atoms with Gasteiger partial charge in [-0.3, -0.25) is 0 Å². The lowest BCUT2D eigenvalue weighted by Gasteiger charge is -2.22. The van der Waals surface area contributed by atoms with Crippen LogP contribution in [0.5, 0.6) is 5.88 Å². The Morgan fingerprint density at radius 3 is 2.75 bits per heavy atom. The quantitative estimate of drug-likeness (QED) is 0.834. The average molecular weight is 281 g/mol. The van der Waals surface area contributed by atoms with Gasteiger partial charge in [0.1, 0.15) is 12.2 Å². The number of ether oxygens (including phenoxy) is 1. The molecule has 1 aliphatic rings. The van der Waals surface area contributed by atoms with Gasteiger partial charge in [-0.1, -0.05) is 6.42 Å². The Morgan fingerprint density at radius 2 is 2.06 bits per heavy atom. The SMILES string of the molecule is N#Cc1nc(OC2CCCCC2)ccc1Br.